The highest BCUT2D eigenvalue weighted by Gasteiger charge is 2.54. The smallest absolute Gasteiger partial charge is 0.151 e. The Hall–Kier alpha value is -1.03. The number of hydrogen-bond donors (Lipinski definition) is 0. The molecule has 4 saturated carbocycles. The Morgan fingerprint density at radius 2 is 1.77 bits per heavy atom. The van der Waals surface area contributed by atoms with Crippen LogP contribution in [-0.2, 0) is 15.6 Å². The van der Waals surface area contributed by atoms with Crippen molar-refractivity contribution in [1.29, 1.82) is 0 Å². The minimum Gasteiger partial charge on any atom is -0.298 e. The SMILES string of the molecule is Cc1cccc(S(=O)CC(=O)C23CC4CC(CC(C4)C2)C3)n1. The fourth-order valence-corrected chi connectivity index (χ4v) is 6.61. The third kappa shape index (κ3) is 2.45. The molecular weight excluding hydrogens is 294 g/mol. The van der Waals surface area contributed by atoms with Crippen LogP contribution in [0.4, 0.5) is 0 Å². The van der Waals surface area contributed by atoms with Gasteiger partial charge in [-0.1, -0.05) is 6.07 Å². The Bertz CT molecular complexity index is 604. The van der Waals surface area contributed by atoms with E-state index in [4.69, 9.17) is 0 Å². The molecule has 118 valence electrons. The van der Waals surface area contributed by atoms with Crippen molar-refractivity contribution >= 4 is 16.6 Å². The highest BCUT2D eigenvalue weighted by atomic mass is 32.2. The van der Waals surface area contributed by atoms with Gasteiger partial charge in [0.05, 0.1) is 16.6 Å². The van der Waals surface area contributed by atoms with Gasteiger partial charge in [-0.05, 0) is 75.3 Å². The number of carbonyl (C=O) groups excluding carboxylic acids is 1. The lowest BCUT2D eigenvalue weighted by Crippen LogP contribution is -2.51. The average Bonchev–Trinajstić information content (AvgIpc) is 2.45. The van der Waals surface area contributed by atoms with Gasteiger partial charge in [-0.3, -0.25) is 9.00 Å². The summed E-state index contributed by atoms with van der Waals surface area (Å²) in [5.74, 6) is 2.65. The normalized spacial score (nSPS) is 37.2. The van der Waals surface area contributed by atoms with Gasteiger partial charge in [-0.2, -0.15) is 0 Å². The van der Waals surface area contributed by atoms with Gasteiger partial charge in [0.25, 0.3) is 0 Å². The number of aryl methyl sites for hydroxylation is 1. The van der Waals surface area contributed by atoms with Gasteiger partial charge < -0.3 is 0 Å². The van der Waals surface area contributed by atoms with Crippen LogP contribution in [0.1, 0.15) is 44.2 Å². The molecular formula is C18H23NO2S. The molecule has 0 amide bonds. The van der Waals surface area contributed by atoms with Gasteiger partial charge in [-0.25, -0.2) is 4.98 Å². The molecule has 22 heavy (non-hydrogen) atoms. The number of nitrogens with zero attached hydrogens (tertiary/aromatic N) is 1. The molecule has 4 bridgehead atoms. The van der Waals surface area contributed by atoms with Crippen LogP contribution in [0.5, 0.6) is 0 Å². The molecule has 3 nitrogen and oxygen atoms in total. The van der Waals surface area contributed by atoms with E-state index in [2.05, 4.69) is 4.98 Å². The van der Waals surface area contributed by atoms with E-state index in [0.717, 1.165) is 42.7 Å². The molecule has 0 N–H and O–H groups in total. The van der Waals surface area contributed by atoms with Crippen molar-refractivity contribution in [2.24, 2.45) is 23.2 Å². The minimum atomic E-state index is -1.30. The van der Waals surface area contributed by atoms with Crippen LogP contribution >= 0.6 is 0 Å². The summed E-state index contributed by atoms with van der Waals surface area (Å²) < 4.78 is 12.5. The Labute approximate surface area is 134 Å². The van der Waals surface area contributed by atoms with E-state index in [0.29, 0.717) is 5.03 Å². The third-order valence-corrected chi connectivity index (χ3v) is 7.21. The topological polar surface area (TPSA) is 47.0 Å². The summed E-state index contributed by atoms with van der Waals surface area (Å²) in [6, 6.07) is 5.53. The van der Waals surface area contributed by atoms with Gasteiger partial charge in [0.2, 0.25) is 0 Å². The second-order valence-electron chi connectivity index (χ2n) is 7.73. The van der Waals surface area contributed by atoms with Crippen molar-refractivity contribution in [2.45, 2.75) is 50.5 Å². The predicted octanol–water partition coefficient (Wildman–Crippen LogP) is 3.28. The molecule has 0 aromatic carbocycles. The molecule has 1 heterocycles. The molecule has 0 radical (unpaired) electrons. The van der Waals surface area contributed by atoms with Gasteiger partial charge in [-0.15, -0.1) is 0 Å². The molecule has 4 fully saturated rings. The lowest BCUT2D eigenvalue weighted by Gasteiger charge is -2.55. The molecule has 4 aliphatic carbocycles. The lowest BCUT2D eigenvalue weighted by atomic mass is 9.48. The summed E-state index contributed by atoms with van der Waals surface area (Å²) in [4.78, 5) is 17.3. The summed E-state index contributed by atoms with van der Waals surface area (Å²) >= 11 is 0. The second-order valence-corrected chi connectivity index (χ2v) is 9.13. The molecule has 1 aromatic rings. The van der Waals surface area contributed by atoms with E-state index in [1.54, 1.807) is 6.07 Å². The maximum absolute atomic E-state index is 12.9. The molecule has 5 rings (SSSR count). The number of hydrogen-bond acceptors (Lipinski definition) is 3. The Morgan fingerprint density at radius 3 is 2.32 bits per heavy atom. The molecule has 4 aliphatic rings. The number of carbonyl (C=O) groups is 1. The molecule has 0 saturated heterocycles. The largest absolute Gasteiger partial charge is 0.298 e. The first-order valence-corrected chi connectivity index (χ1v) is 9.71. The number of Topliss-reactive ketones (excluding diaryl/α,β-unsaturated/α-hetero) is 1. The molecule has 1 aromatic heterocycles. The maximum atomic E-state index is 12.9. The van der Waals surface area contributed by atoms with E-state index in [1.165, 1.54) is 19.3 Å². The van der Waals surface area contributed by atoms with E-state index in [-0.39, 0.29) is 17.0 Å². The molecule has 0 spiro atoms. The Balaban J connectivity index is 1.51. The zero-order chi connectivity index (χ0) is 15.3. The van der Waals surface area contributed by atoms with Gasteiger partial charge >= 0.3 is 0 Å². The third-order valence-electron chi connectivity index (χ3n) is 5.99. The zero-order valence-corrected chi connectivity index (χ0v) is 13.9. The van der Waals surface area contributed by atoms with Crippen LogP contribution in [0, 0.1) is 30.1 Å². The van der Waals surface area contributed by atoms with Gasteiger partial charge in [0.1, 0.15) is 5.03 Å². The van der Waals surface area contributed by atoms with Crippen LogP contribution in [0.15, 0.2) is 23.2 Å². The quantitative estimate of drug-likeness (QED) is 0.856. The van der Waals surface area contributed by atoms with Gasteiger partial charge in [0, 0.05) is 11.1 Å². The number of pyridine rings is 1. The summed E-state index contributed by atoms with van der Waals surface area (Å²) in [6.07, 6.45) is 7.14. The summed E-state index contributed by atoms with van der Waals surface area (Å²) in [5, 5.41) is 0.554. The first kappa shape index (κ1) is 14.6. The van der Waals surface area contributed by atoms with Crippen LogP contribution in [0.3, 0.4) is 0 Å². The zero-order valence-electron chi connectivity index (χ0n) is 13.1. The van der Waals surface area contributed by atoms with Crippen molar-refractivity contribution < 1.29 is 9.00 Å². The first-order chi connectivity index (χ1) is 10.5. The van der Waals surface area contributed by atoms with Gasteiger partial charge in [0.15, 0.2) is 5.78 Å². The van der Waals surface area contributed by atoms with Crippen molar-refractivity contribution in [1.82, 2.24) is 4.98 Å². The standard InChI is InChI=1S/C18H23NO2S/c1-12-3-2-4-17(19-12)22(21)11-16(20)18-8-13-5-14(9-18)7-15(6-13)10-18/h2-4,13-15H,5-11H2,1H3. The number of rotatable bonds is 4. The van der Waals surface area contributed by atoms with E-state index < -0.39 is 10.8 Å². The Kier molecular flexibility index (Phi) is 3.48. The molecule has 1 atom stereocenters. The molecule has 4 heteroatoms. The van der Waals surface area contributed by atoms with Crippen LogP contribution in [0.2, 0.25) is 0 Å². The highest BCUT2D eigenvalue weighted by molar-refractivity contribution is 7.85. The summed E-state index contributed by atoms with van der Waals surface area (Å²) in [5.41, 5.74) is 0.710. The summed E-state index contributed by atoms with van der Waals surface area (Å²) in [7, 11) is -1.30. The summed E-state index contributed by atoms with van der Waals surface area (Å²) in [6.45, 7) is 1.89. The van der Waals surface area contributed by atoms with E-state index >= 15 is 0 Å². The predicted molar refractivity (Wildman–Crippen MR) is 85.9 cm³/mol. The number of ketones is 1. The monoisotopic (exact) mass is 317 g/mol. The molecule has 0 aliphatic heterocycles. The van der Waals surface area contributed by atoms with Crippen LogP contribution in [-0.4, -0.2) is 20.7 Å². The van der Waals surface area contributed by atoms with Crippen molar-refractivity contribution in [3.8, 4) is 0 Å². The van der Waals surface area contributed by atoms with E-state index in [9.17, 15) is 9.00 Å². The number of aromatic nitrogens is 1. The first-order valence-electron chi connectivity index (χ1n) is 8.39. The Morgan fingerprint density at radius 1 is 1.18 bits per heavy atom. The van der Waals surface area contributed by atoms with Crippen molar-refractivity contribution in [3.63, 3.8) is 0 Å². The second kappa shape index (κ2) is 5.26. The van der Waals surface area contributed by atoms with Crippen LogP contribution in [0.25, 0.3) is 0 Å². The van der Waals surface area contributed by atoms with Crippen molar-refractivity contribution in [3.05, 3.63) is 23.9 Å². The fourth-order valence-electron chi connectivity index (χ4n) is 5.44. The average molecular weight is 317 g/mol. The lowest BCUT2D eigenvalue weighted by molar-refractivity contribution is -0.141. The fraction of sp³-hybridized carbons (Fsp3) is 0.667. The maximum Gasteiger partial charge on any atom is 0.151 e. The minimum absolute atomic E-state index is 0.145. The van der Waals surface area contributed by atoms with E-state index in [1.807, 2.05) is 19.1 Å². The highest BCUT2D eigenvalue weighted by Crippen LogP contribution is 2.60. The van der Waals surface area contributed by atoms with Crippen molar-refractivity contribution in [2.75, 3.05) is 5.75 Å². The van der Waals surface area contributed by atoms with Crippen LogP contribution < -0.4 is 0 Å². The molecule has 1 unspecified atom stereocenters.